The number of amides is 2. The summed E-state index contributed by atoms with van der Waals surface area (Å²) >= 11 is 1.16. The summed E-state index contributed by atoms with van der Waals surface area (Å²) in [7, 11) is 0. The van der Waals surface area contributed by atoms with Crippen molar-refractivity contribution in [2.24, 2.45) is 0 Å². The molecule has 1 atom stereocenters. The van der Waals surface area contributed by atoms with Crippen LogP contribution in [0.15, 0.2) is 12.3 Å². The van der Waals surface area contributed by atoms with Gasteiger partial charge in [0.1, 0.15) is 6.10 Å². The van der Waals surface area contributed by atoms with Crippen LogP contribution in [0.1, 0.15) is 34.2 Å². The van der Waals surface area contributed by atoms with Crippen LogP contribution in [-0.4, -0.2) is 35.9 Å². The molecule has 0 spiro atoms. The van der Waals surface area contributed by atoms with Gasteiger partial charge in [0.05, 0.1) is 12.8 Å². The van der Waals surface area contributed by atoms with Gasteiger partial charge in [0.25, 0.3) is 0 Å². The maximum Gasteiger partial charge on any atom is 0.314 e. The molecule has 2 aromatic heterocycles. The number of aromatic nitrogens is 2. The lowest BCUT2D eigenvalue weighted by molar-refractivity contribution is 0.0453. The molecule has 0 bridgehead atoms. The molecule has 2 amide bonds. The summed E-state index contributed by atoms with van der Waals surface area (Å²) in [6.07, 6.45) is 3.99. The van der Waals surface area contributed by atoms with Crippen molar-refractivity contribution in [1.82, 2.24) is 20.8 Å². The second-order valence-electron chi connectivity index (χ2n) is 5.80. The van der Waals surface area contributed by atoms with Crippen LogP contribution in [-0.2, 0) is 17.6 Å². The molecular weight excluding hydrogens is 331 g/mol. The molecule has 2 aromatic rings. The molecule has 1 aliphatic heterocycles. The highest BCUT2D eigenvalue weighted by molar-refractivity contribution is 7.10. The van der Waals surface area contributed by atoms with Crippen molar-refractivity contribution in [2.75, 3.05) is 19.7 Å². The molecule has 130 valence electrons. The lowest BCUT2D eigenvalue weighted by Crippen LogP contribution is -2.39. The molecule has 0 fully saturated rings. The second kappa shape index (κ2) is 7.76. The smallest absolute Gasteiger partial charge is 0.314 e. The zero-order valence-electron chi connectivity index (χ0n) is 13.5. The first kappa shape index (κ1) is 16.9. The number of hydrogen-bond donors (Lipinski definition) is 3. The maximum absolute atomic E-state index is 13.4. The summed E-state index contributed by atoms with van der Waals surface area (Å²) in [5.41, 5.74) is 3.09. The Hall–Kier alpha value is -1.93. The number of aryl methyl sites for hydroxylation is 2. The van der Waals surface area contributed by atoms with Crippen molar-refractivity contribution in [3.05, 3.63) is 39.1 Å². The predicted octanol–water partition coefficient (Wildman–Crippen LogP) is 2.46. The lowest BCUT2D eigenvalue weighted by atomic mass is 10.1. The first-order chi connectivity index (χ1) is 11.6. The summed E-state index contributed by atoms with van der Waals surface area (Å²) in [6, 6.07) is 1.28. The number of halogens is 1. The SMILES string of the molecule is Cc1[nH]ncc1CCCNC(=O)NCC1OCCc2sc(F)cc21. The van der Waals surface area contributed by atoms with Gasteiger partial charge in [-0.1, -0.05) is 0 Å². The molecule has 3 rings (SSSR count). The van der Waals surface area contributed by atoms with Crippen molar-refractivity contribution >= 4 is 17.4 Å². The molecule has 8 heteroatoms. The average molecular weight is 352 g/mol. The second-order valence-corrected chi connectivity index (χ2v) is 6.89. The summed E-state index contributed by atoms with van der Waals surface area (Å²) < 4.78 is 19.0. The number of nitrogens with one attached hydrogen (secondary N) is 3. The maximum atomic E-state index is 13.4. The third-order valence-electron chi connectivity index (χ3n) is 4.10. The fraction of sp³-hybridized carbons (Fsp3) is 0.500. The van der Waals surface area contributed by atoms with E-state index in [1.54, 1.807) is 0 Å². The van der Waals surface area contributed by atoms with Crippen LogP contribution in [0, 0.1) is 12.1 Å². The first-order valence-corrected chi connectivity index (χ1v) is 8.85. The zero-order valence-corrected chi connectivity index (χ0v) is 14.3. The molecular formula is C16H21FN4O2S. The largest absolute Gasteiger partial charge is 0.371 e. The van der Waals surface area contributed by atoms with E-state index >= 15 is 0 Å². The van der Waals surface area contributed by atoms with E-state index in [9.17, 15) is 9.18 Å². The van der Waals surface area contributed by atoms with Crippen LogP contribution >= 0.6 is 11.3 Å². The number of urea groups is 1. The standard InChI is InChI=1S/C16H21FN4O2S/c1-10-11(8-20-21-10)3-2-5-18-16(22)19-9-13-12-7-15(17)24-14(12)4-6-23-13/h7-8,13H,2-6,9H2,1H3,(H,20,21)(H2,18,19,22). The summed E-state index contributed by atoms with van der Waals surface area (Å²) in [5.74, 6) is 0. The number of hydrogen-bond acceptors (Lipinski definition) is 4. The molecule has 3 heterocycles. The molecule has 24 heavy (non-hydrogen) atoms. The number of nitrogens with zero attached hydrogens (tertiary/aromatic N) is 1. The van der Waals surface area contributed by atoms with Gasteiger partial charge in [-0.2, -0.15) is 9.49 Å². The van der Waals surface area contributed by atoms with E-state index in [2.05, 4.69) is 20.8 Å². The Bertz CT molecular complexity index is 700. The number of thiophene rings is 1. The number of aromatic amines is 1. The average Bonchev–Trinajstić information content (AvgIpc) is 3.14. The van der Waals surface area contributed by atoms with Crippen molar-refractivity contribution < 1.29 is 13.9 Å². The highest BCUT2D eigenvalue weighted by Gasteiger charge is 2.24. The van der Waals surface area contributed by atoms with Crippen LogP contribution < -0.4 is 10.6 Å². The Morgan fingerprint density at radius 1 is 1.54 bits per heavy atom. The van der Waals surface area contributed by atoms with Crippen molar-refractivity contribution in [3.8, 4) is 0 Å². The Morgan fingerprint density at radius 2 is 2.42 bits per heavy atom. The van der Waals surface area contributed by atoms with Crippen LogP contribution in [0.2, 0.25) is 0 Å². The van der Waals surface area contributed by atoms with E-state index < -0.39 is 0 Å². The fourth-order valence-electron chi connectivity index (χ4n) is 2.79. The van der Waals surface area contributed by atoms with Gasteiger partial charge in [-0.25, -0.2) is 4.79 Å². The number of carbonyl (C=O) groups excluding carboxylic acids is 1. The van der Waals surface area contributed by atoms with E-state index in [4.69, 9.17) is 4.74 Å². The van der Waals surface area contributed by atoms with E-state index in [1.807, 2.05) is 13.1 Å². The van der Waals surface area contributed by atoms with Crippen molar-refractivity contribution in [3.63, 3.8) is 0 Å². The van der Waals surface area contributed by atoms with Crippen LogP contribution in [0.3, 0.4) is 0 Å². The van der Waals surface area contributed by atoms with Gasteiger partial charge in [0, 0.05) is 30.1 Å². The van der Waals surface area contributed by atoms with Gasteiger partial charge in [-0.3, -0.25) is 5.10 Å². The Balaban J connectivity index is 1.38. The third-order valence-corrected chi connectivity index (χ3v) is 5.10. The molecule has 1 aliphatic rings. The predicted molar refractivity (Wildman–Crippen MR) is 89.7 cm³/mol. The molecule has 0 aromatic carbocycles. The number of fused-ring (bicyclic) bond motifs is 1. The Labute approximate surface area is 143 Å². The molecule has 0 radical (unpaired) electrons. The normalized spacial score (nSPS) is 16.7. The number of rotatable bonds is 6. The van der Waals surface area contributed by atoms with E-state index in [0.29, 0.717) is 19.7 Å². The quantitative estimate of drug-likeness (QED) is 0.699. The number of ether oxygens (including phenoxy) is 1. The highest BCUT2D eigenvalue weighted by Crippen LogP contribution is 2.32. The van der Waals surface area contributed by atoms with Crippen LogP contribution in [0.25, 0.3) is 0 Å². The Morgan fingerprint density at radius 3 is 3.21 bits per heavy atom. The van der Waals surface area contributed by atoms with Crippen LogP contribution in [0.4, 0.5) is 9.18 Å². The molecule has 1 unspecified atom stereocenters. The minimum atomic E-state index is -0.270. The summed E-state index contributed by atoms with van der Waals surface area (Å²) in [5, 5.41) is 12.3. The van der Waals surface area contributed by atoms with E-state index in [-0.39, 0.29) is 17.3 Å². The van der Waals surface area contributed by atoms with Gasteiger partial charge in [0.2, 0.25) is 0 Å². The fourth-order valence-corrected chi connectivity index (χ4v) is 3.70. The van der Waals surface area contributed by atoms with Gasteiger partial charge in [-0.05, 0) is 37.0 Å². The lowest BCUT2D eigenvalue weighted by Gasteiger charge is -2.23. The summed E-state index contributed by atoms with van der Waals surface area (Å²) in [6.45, 7) is 3.47. The van der Waals surface area contributed by atoms with E-state index in [0.717, 1.165) is 46.7 Å². The van der Waals surface area contributed by atoms with Crippen molar-refractivity contribution in [1.29, 1.82) is 0 Å². The highest BCUT2D eigenvalue weighted by atomic mass is 32.1. The zero-order chi connectivity index (χ0) is 16.9. The molecule has 6 nitrogen and oxygen atoms in total. The van der Waals surface area contributed by atoms with Crippen molar-refractivity contribution in [2.45, 2.75) is 32.3 Å². The summed E-state index contributed by atoms with van der Waals surface area (Å²) in [4.78, 5) is 12.9. The van der Waals surface area contributed by atoms with Gasteiger partial charge >= 0.3 is 6.03 Å². The van der Waals surface area contributed by atoms with Gasteiger partial charge in [-0.15, -0.1) is 11.3 Å². The third kappa shape index (κ3) is 4.12. The topological polar surface area (TPSA) is 79.0 Å². The first-order valence-electron chi connectivity index (χ1n) is 8.03. The van der Waals surface area contributed by atoms with E-state index in [1.165, 1.54) is 11.6 Å². The van der Waals surface area contributed by atoms with Crippen LogP contribution in [0.5, 0.6) is 0 Å². The Kier molecular flexibility index (Phi) is 5.47. The number of H-pyrrole nitrogens is 1. The monoisotopic (exact) mass is 352 g/mol. The molecule has 0 saturated heterocycles. The molecule has 0 aliphatic carbocycles. The van der Waals surface area contributed by atoms with Gasteiger partial charge in [0.15, 0.2) is 5.13 Å². The molecule has 3 N–H and O–H groups in total. The minimum absolute atomic E-state index is 0.200. The number of carbonyl (C=O) groups is 1. The molecule has 0 saturated carbocycles. The van der Waals surface area contributed by atoms with Gasteiger partial charge < -0.3 is 15.4 Å². The minimum Gasteiger partial charge on any atom is -0.371 e.